The highest BCUT2D eigenvalue weighted by Gasteiger charge is 2.19. The van der Waals surface area contributed by atoms with Crippen molar-refractivity contribution in [3.8, 4) is 5.75 Å². The van der Waals surface area contributed by atoms with Gasteiger partial charge in [-0.25, -0.2) is 4.79 Å². The Morgan fingerprint density at radius 1 is 1.47 bits per heavy atom. The number of hydrogen-bond donors (Lipinski definition) is 2. The van der Waals surface area contributed by atoms with E-state index in [0.29, 0.717) is 12.3 Å². The van der Waals surface area contributed by atoms with Gasteiger partial charge >= 0.3 is 5.69 Å². The largest absolute Gasteiger partial charge is 0.494 e. The second-order valence-electron chi connectivity index (χ2n) is 4.47. The molecule has 0 bridgehead atoms. The number of H-pyrrole nitrogens is 1. The van der Waals surface area contributed by atoms with E-state index in [1.54, 1.807) is 11.7 Å². The Hall–Kier alpha value is -1.75. The molecule has 1 aliphatic heterocycles. The van der Waals surface area contributed by atoms with E-state index in [1.807, 2.05) is 12.1 Å². The maximum Gasteiger partial charge on any atom is 0.326 e. The second kappa shape index (κ2) is 3.63. The topological polar surface area (TPSA) is 59.1 Å². The summed E-state index contributed by atoms with van der Waals surface area (Å²) in [5.41, 5.74) is 2.82. The van der Waals surface area contributed by atoms with Crippen LogP contribution < -0.4 is 15.7 Å². The number of hydrogen-bond acceptors (Lipinski definition) is 3. The summed E-state index contributed by atoms with van der Waals surface area (Å²) in [6.45, 7) is 3.53. The summed E-state index contributed by atoms with van der Waals surface area (Å²) in [6, 6.07) is 4.19. The molecule has 5 heteroatoms. The summed E-state index contributed by atoms with van der Waals surface area (Å²) in [6.07, 6.45) is 0. The van der Waals surface area contributed by atoms with Crippen LogP contribution in [0.5, 0.6) is 5.75 Å². The van der Waals surface area contributed by atoms with Crippen LogP contribution in [0, 0.1) is 0 Å². The van der Waals surface area contributed by atoms with Gasteiger partial charge in [-0.3, -0.25) is 4.57 Å². The molecule has 3 rings (SSSR count). The predicted octanol–water partition coefficient (Wildman–Crippen LogP) is 0.830. The van der Waals surface area contributed by atoms with E-state index >= 15 is 0 Å². The molecule has 0 aliphatic carbocycles. The monoisotopic (exact) mass is 233 g/mol. The molecule has 2 heterocycles. The Kier molecular flexibility index (Phi) is 2.22. The third-order valence-electron chi connectivity index (χ3n) is 3.29. The molecule has 0 unspecified atom stereocenters. The van der Waals surface area contributed by atoms with Crippen molar-refractivity contribution >= 4 is 11.0 Å². The first-order valence-electron chi connectivity index (χ1n) is 5.72. The Labute approximate surface area is 98.4 Å². The lowest BCUT2D eigenvalue weighted by Gasteiger charge is -2.08. The standard InChI is InChI=1S/C12H15N3O2/c1-7-6-15-11-8(5-13-7)3-4-9(17-2)10(11)14-12(15)16/h3-4,7,13H,5-6H2,1-2H3,(H,14,16)/t7-/m0/s1. The fourth-order valence-electron chi connectivity index (χ4n) is 2.43. The first kappa shape index (κ1) is 10.4. The van der Waals surface area contributed by atoms with Crippen LogP contribution in [0.15, 0.2) is 16.9 Å². The van der Waals surface area contributed by atoms with Gasteiger partial charge in [-0.2, -0.15) is 0 Å². The average Bonchev–Trinajstić information content (AvgIpc) is 2.54. The Bertz CT molecular complexity index is 626. The van der Waals surface area contributed by atoms with Gasteiger partial charge in [-0.15, -0.1) is 0 Å². The van der Waals surface area contributed by atoms with Crippen molar-refractivity contribution in [2.45, 2.75) is 26.1 Å². The van der Waals surface area contributed by atoms with Gasteiger partial charge in [0, 0.05) is 19.1 Å². The molecule has 0 amide bonds. The van der Waals surface area contributed by atoms with Gasteiger partial charge < -0.3 is 15.0 Å². The molecule has 0 radical (unpaired) electrons. The Morgan fingerprint density at radius 3 is 3.06 bits per heavy atom. The fraction of sp³-hybridized carbons (Fsp3) is 0.417. The van der Waals surface area contributed by atoms with Gasteiger partial charge in [0.1, 0.15) is 11.3 Å². The van der Waals surface area contributed by atoms with Crippen molar-refractivity contribution in [2.75, 3.05) is 7.11 Å². The lowest BCUT2D eigenvalue weighted by molar-refractivity contribution is 0.419. The van der Waals surface area contributed by atoms with E-state index in [0.717, 1.165) is 23.1 Å². The molecule has 1 atom stereocenters. The number of nitrogens with zero attached hydrogens (tertiary/aromatic N) is 1. The number of methoxy groups -OCH3 is 1. The highest BCUT2D eigenvalue weighted by Crippen LogP contribution is 2.27. The zero-order chi connectivity index (χ0) is 12.0. The van der Waals surface area contributed by atoms with Crippen LogP contribution >= 0.6 is 0 Å². The van der Waals surface area contributed by atoms with Crippen LogP contribution in [0.3, 0.4) is 0 Å². The number of aromatic nitrogens is 2. The van der Waals surface area contributed by atoms with Crippen molar-refractivity contribution in [1.82, 2.24) is 14.9 Å². The number of rotatable bonds is 1. The Balaban J connectivity index is 2.39. The SMILES string of the molecule is COc1ccc2c3c1[nH]c(=O)n3C[C@H](C)NC2. The normalized spacial score (nSPS) is 19.3. The number of nitrogens with one attached hydrogen (secondary N) is 2. The van der Waals surface area contributed by atoms with E-state index in [-0.39, 0.29) is 11.7 Å². The van der Waals surface area contributed by atoms with Crippen LogP contribution in [0.4, 0.5) is 0 Å². The lowest BCUT2D eigenvalue weighted by atomic mass is 10.1. The molecule has 17 heavy (non-hydrogen) atoms. The molecule has 0 saturated heterocycles. The van der Waals surface area contributed by atoms with Gasteiger partial charge in [-0.05, 0) is 18.6 Å². The van der Waals surface area contributed by atoms with E-state index in [4.69, 9.17) is 4.74 Å². The zero-order valence-electron chi connectivity index (χ0n) is 9.91. The summed E-state index contributed by atoms with van der Waals surface area (Å²) in [4.78, 5) is 14.8. The second-order valence-corrected chi connectivity index (χ2v) is 4.47. The molecule has 2 N–H and O–H groups in total. The van der Waals surface area contributed by atoms with Crippen molar-refractivity contribution in [3.05, 3.63) is 28.2 Å². The lowest BCUT2D eigenvalue weighted by Crippen LogP contribution is -2.30. The number of aromatic amines is 1. The van der Waals surface area contributed by atoms with Gasteiger partial charge in [0.25, 0.3) is 0 Å². The van der Waals surface area contributed by atoms with E-state index in [2.05, 4.69) is 17.2 Å². The van der Waals surface area contributed by atoms with E-state index < -0.39 is 0 Å². The molecule has 1 aliphatic rings. The number of benzene rings is 1. The first-order valence-corrected chi connectivity index (χ1v) is 5.72. The highest BCUT2D eigenvalue weighted by atomic mass is 16.5. The predicted molar refractivity (Wildman–Crippen MR) is 65.4 cm³/mol. The van der Waals surface area contributed by atoms with Crippen molar-refractivity contribution < 1.29 is 4.74 Å². The van der Waals surface area contributed by atoms with Crippen LogP contribution in [-0.2, 0) is 13.1 Å². The third-order valence-corrected chi connectivity index (χ3v) is 3.29. The molecule has 1 aromatic heterocycles. The van der Waals surface area contributed by atoms with Gasteiger partial charge in [0.05, 0.1) is 12.6 Å². The first-order chi connectivity index (χ1) is 8.20. The number of ether oxygens (including phenoxy) is 1. The van der Waals surface area contributed by atoms with Crippen LogP contribution in [-0.4, -0.2) is 22.7 Å². The number of imidazole rings is 1. The van der Waals surface area contributed by atoms with Crippen LogP contribution in [0.25, 0.3) is 11.0 Å². The van der Waals surface area contributed by atoms with Gasteiger partial charge in [0.15, 0.2) is 0 Å². The smallest absolute Gasteiger partial charge is 0.326 e. The maximum atomic E-state index is 11.9. The van der Waals surface area contributed by atoms with Crippen LogP contribution in [0.1, 0.15) is 12.5 Å². The zero-order valence-corrected chi connectivity index (χ0v) is 9.91. The molecule has 0 fully saturated rings. The molecular weight excluding hydrogens is 218 g/mol. The van der Waals surface area contributed by atoms with E-state index in [1.165, 1.54) is 0 Å². The minimum absolute atomic E-state index is 0.0682. The summed E-state index contributed by atoms with van der Waals surface area (Å²) in [7, 11) is 1.62. The molecule has 0 spiro atoms. The van der Waals surface area contributed by atoms with Crippen molar-refractivity contribution in [2.24, 2.45) is 0 Å². The minimum Gasteiger partial charge on any atom is -0.494 e. The Morgan fingerprint density at radius 2 is 2.29 bits per heavy atom. The van der Waals surface area contributed by atoms with E-state index in [9.17, 15) is 4.79 Å². The molecule has 2 aromatic rings. The minimum atomic E-state index is -0.0682. The maximum absolute atomic E-state index is 11.9. The highest BCUT2D eigenvalue weighted by molar-refractivity contribution is 5.85. The van der Waals surface area contributed by atoms with Crippen molar-refractivity contribution in [3.63, 3.8) is 0 Å². The third kappa shape index (κ3) is 1.46. The molecule has 90 valence electrons. The van der Waals surface area contributed by atoms with Crippen molar-refractivity contribution in [1.29, 1.82) is 0 Å². The van der Waals surface area contributed by atoms with Gasteiger partial charge in [0.2, 0.25) is 0 Å². The van der Waals surface area contributed by atoms with Crippen LogP contribution in [0.2, 0.25) is 0 Å². The summed E-state index contributed by atoms with van der Waals surface area (Å²) in [5.74, 6) is 0.717. The molecule has 0 saturated carbocycles. The summed E-state index contributed by atoms with van der Waals surface area (Å²) >= 11 is 0. The summed E-state index contributed by atoms with van der Waals surface area (Å²) in [5, 5.41) is 3.39. The molecule has 1 aromatic carbocycles. The molecular formula is C12H15N3O2. The average molecular weight is 233 g/mol. The summed E-state index contributed by atoms with van der Waals surface area (Å²) < 4.78 is 7.07. The fourth-order valence-corrected chi connectivity index (χ4v) is 2.43. The molecule has 5 nitrogen and oxygen atoms in total. The van der Waals surface area contributed by atoms with Gasteiger partial charge in [-0.1, -0.05) is 6.07 Å². The quantitative estimate of drug-likeness (QED) is 0.767.